The van der Waals surface area contributed by atoms with Crippen molar-refractivity contribution in [2.24, 2.45) is 10.7 Å². The third-order valence-electron chi connectivity index (χ3n) is 4.70. The Morgan fingerprint density at radius 2 is 1.45 bits per heavy atom. The van der Waals surface area contributed by atoms with Crippen LogP contribution in [0.5, 0.6) is 0 Å². The van der Waals surface area contributed by atoms with Gasteiger partial charge in [0.1, 0.15) is 0 Å². The molecular formula is C19H21N3. The SMILES string of the molecule is NC(=Nc1ccc2c(c1)CCC2)Nc1ccc2c(c1)CCC2. The Morgan fingerprint density at radius 3 is 2.23 bits per heavy atom. The minimum Gasteiger partial charge on any atom is -0.369 e. The molecule has 3 heteroatoms. The Kier molecular flexibility index (Phi) is 3.34. The predicted octanol–water partition coefficient (Wildman–Crippen LogP) is 3.72. The maximum absolute atomic E-state index is 6.07. The summed E-state index contributed by atoms with van der Waals surface area (Å²) >= 11 is 0. The lowest BCUT2D eigenvalue weighted by molar-refractivity contribution is 0.912. The maximum atomic E-state index is 6.07. The number of nitrogens with zero attached hydrogens (tertiary/aromatic N) is 1. The largest absolute Gasteiger partial charge is 0.369 e. The average molecular weight is 291 g/mol. The van der Waals surface area contributed by atoms with Crippen LogP contribution in [0.25, 0.3) is 0 Å². The topological polar surface area (TPSA) is 50.4 Å². The Balaban J connectivity index is 1.53. The number of nitrogens with one attached hydrogen (secondary N) is 1. The van der Waals surface area contributed by atoms with Crippen LogP contribution < -0.4 is 11.1 Å². The predicted molar refractivity (Wildman–Crippen MR) is 91.8 cm³/mol. The highest BCUT2D eigenvalue weighted by Gasteiger charge is 2.12. The van der Waals surface area contributed by atoms with Crippen LogP contribution in [-0.4, -0.2) is 5.96 Å². The number of guanidine groups is 1. The summed E-state index contributed by atoms with van der Waals surface area (Å²) in [7, 11) is 0. The first kappa shape index (κ1) is 13.4. The molecule has 0 aromatic heterocycles. The molecule has 0 heterocycles. The van der Waals surface area contributed by atoms with Gasteiger partial charge in [0.25, 0.3) is 0 Å². The number of aliphatic imine (C=N–C) groups is 1. The molecule has 0 fully saturated rings. The van der Waals surface area contributed by atoms with Crippen LogP contribution in [0, 0.1) is 0 Å². The highest BCUT2D eigenvalue weighted by Crippen LogP contribution is 2.27. The van der Waals surface area contributed by atoms with E-state index in [4.69, 9.17) is 5.73 Å². The van der Waals surface area contributed by atoms with Crippen LogP contribution in [0.1, 0.15) is 35.1 Å². The molecule has 3 nitrogen and oxygen atoms in total. The Labute approximate surface area is 131 Å². The minimum absolute atomic E-state index is 0.455. The normalized spacial score (nSPS) is 16.5. The van der Waals surface area contributed by atoms with E-state index < -0.39 is 0 Å². The van der Waals surface area contributed by atoms with Gasteiger partial charge in [0, 0.05) is 5.69 Å². The molecule has 0 saturated heterocycles. The lowest BCUT2D eigenvalue weighted by Gasteiger charge is -2.08. The third kappa shape index (κ3) is 2.59. The fourth-order valence-corrected chi connectivity index (χ4v) is 3.59. The molecule has 2 aromatic rings. The molecule has 0 bridgehead atoms. The number of aryl methyl sites for hydroxylation is 4. The van der Waals surface area contributed by atoms with Crippen molar-refractivity contribution in [3.63, 3.8) is 0 Å². The molecule has 3 N–H and O–H groups in total. The summed E-state index contributed by atoms with van der Waals surface area (Å²) in [5, 5.41) is 3.22. The third-order valence-corrected chi connectivity index (χ3v) is 4.70. The van der Waals surface area contributed by atoms with E-state index in [2.05, 4.69) is 46.7 Å². The zero-order valence-corrected chi connectivity index (χ0v) is 12.7. The Bertz CT molecular complexity index is 746. The Morgan fingerprint density at radius 1 is 0.818 bits per heavy atom. The molecule has 112 valence electrons. The van der Waals surface area contributed by atoms with Crippen molar-refractivity contribution in [2.75, 3.05) is 5.32 Å². The van der Waals surface area contributed by atoms with Gasteiger partial charge in [0.2, 0.25) is 0 Å². The van der Waals surface area contributed by atoms with Crippen molar-refractivity contribution in [1.82, 2.24) is 0 Å². The van der Waals surface area contributed by atoms with Crippen LogP contribution in [0.15, 0.2) is 41.4 Å². The van der Waals surface area contributed by atoms with Gasteiger partial charge < -0.3 is 11.1 Å². The van der Waals surface area contributed by atoms with E-state index in [0.29, 0.717) is 5.96 Å². The summed E-state index contributed by atoms with van der Waals surface area (Å²) in [5.41, 5.74) is 13.8. The first-order chi connectivity index (χ1) is 10.8. The van der Waals surface area contributed by atoms with Gasteiger partial charge in [0.15, 0.2) is 5.96 Å². The van der Waals surface area contributed by atoms with E-state index in [9.17, 15) is 0 Å². The number of anilines is 1. The van der Waals surface area contributed by atoms with E-state index in [-0.39, 0.29) is 0 Å². The number of fused-ring (bicyclic) bond motifs is 2. The van der Waals surface area contributed by atoms with Crippen molar-refractivity contribution in [3.8, 4) is 0 Å². The monoisotopic (exact) mass is 291 g/mol. The first-order valence-corrected chi connectivity index (χ1v) is 8.13. The van der Waals surface area contributed by atoms with Gasteiger partial charge in [-0.3, -0.25) is 0 Å². The molecule has 22 heavy (non-hydrogen) atoms. The molecule has 0 spiro atoms. The van der Waals surface area contributed by atoms with Crippen LogP contribution in [0.3, 0.4) is 0 Å². The number of rotatable bonds is 2. The fraction of sp³-hybridized carbons (Fsp3) is 0.316. The van der Waals surface area contributed by atoms with Gasteiger partial charge >= 0.3 is 0 Å². The summed E-state index contributed by atoms with van der Waals surface area (Å²) in [6, 6.07) is 12.9. The molecule has 4 rings (SSSR count). The van der Waals surface area contributed by atoms with Gasteiger partial charge in [0.05, 0.1) is 5.69 Å². The minimum atomic E-state index is 0.455. The molecule has 2 aliphatic rings. The molecule has 0 atom stereocenters. The van der Waals surface area contributed by atoms with Gasteiger partial charge in [-0.1, -0.05) is 12.1 Å². The van der Waals surface area contributed by atoms with Crippen LogP contribution in [0.2, 0.25) is 0 Å². The number of hydrogen-bond acceptors (Lipinski definition) is 1. The van der Waals surface area contributed by atoms with Gasteiger partial charge in [-0.25, -0.2) is 4.99 Å². The highest BCUT2D eigenvalue weighted by molar-refractivity contribution is 5.94. The van der Waals surface area contributed by atoms with Gasteiger partial charge in [-0.2, -0.15) is 0 Å². The molecule has 2 aromatic carbocycles. The van der Waals surface area contributed by atoms with Crippen LogP contribution in [0.4, 0.5) is 11.4 Å². The van der Waals surface area contributed by atoms with Gasteiger partial charge in [-0.15, -0.1) is 0 Å². The van der Waals surface area contributed by atoms with E-state index in [1.807, 2.05) is 0 Å². The van der Waals surface area contributed by atoms with Crippen molar-refractivity contribution < 1.29 is 0 Å². The maximum Gasteiger partial charge on any atom is 0.198 e. The zero-order chi connectivity index (χ0) is 14.9. The van der Waals surface area contributed by atoms with Crippen molar-refractivity contribution >= 4 is 17.3 Å². The summed E-state index contributed by atoms with van der Waals surface area (Å²) in [4.78, 5) is 4.51. The highest BCUT2D eigenvalue weighted by atomic mass is 15.1. The summed E-state index contributed by atoms with van der Waals surface area (Å²) < 4.78 is 0. The molecule has 0 radical (unpaired) electrons. The molecular weight excluding hydrogens is 270 g/mol. The van der Waals surface area contributed by atoms with Crippen LogP contribution >= 0.6 is 0 Å². The fourth-order valence-electron chi connectivity index (χ4n) is 3.59. The second kappa shape index (κ2) is 5.48. The molecule has 0 amide bonds. The zero-order valence-electron chi connectivity index (χ0n) is 12.7. The van der Waals surface area contributed by atoms with Gasteiger partial charge in [-0.05, 0) is 85.0 Å². The smallest absolute Gasteiger partial charge is 0.198 e. The Hall–Kier alpha value is -2.29. The summed E-state index contributed by atoms with van der Waals surface area (Å²) in [6.07, 6.45) is 7.25. The second-order valence-electron chi connectivity index (χ2n) is 6.27. The van der Waals surface area contributed by atoms with Crippen molar-refractivity contribution in [2.45, 2.75) is 38.5 Å². The van der Waals surface area contributed by atoms with E-state index in [1.54, 1.807) is 0 Å². The molecule has 2 aliphatic carbocycles. The molecule has 0 unspecified atom stereocenters. The number of benzene rings is 2. The van der Waals surface area contributed by atoms with E-state index in [0.717, 1.165) is 17.8 Å². The molecule has 0 aliphatic heterocycles. The van der Waals surface area contributed by atoms with Crippen molar-refractivity contribution in [3.05, 3.63) is 58.7 Å². The first-order valence-electron chi connectivity index (χ1n) is 8.13. The number of hydrogen-bond donors (Lipinski definition) is 2. The van der Waals surface area contributed by atoms with E-state index in [1.165, 1.54) is 54.4 Å². The lowest BCUT2D eigenvalue weighted by atomic mass is 10.1. The standard InChI is InChI=1S/C19H21N3/c20-19(21-17-9-7-13-3-1-5-15(13)11-17)22-18-10-8-14-4-2-6-16(14)12-18/h7-12H,1-6H2,(H3,20,21,22). The number of nitrogens with two attached hydrogens (primary N) is 1. The summed E-state index contributed by atoms with van der Waals surface area (Å²) in [6.45, 7) is 0. The average Bonchev–Trinajstić information content (AvgIpc) is 3.14. The van der Waals surface area contributed by atoms with E-state index >= 15 is 0 Å². The summed E-state index contributed by atoms with van der Waals surface area (Å²) in [5.74, 6) is 0.455. The quantitative estimate of drug-likeness (QED) is 0.654. The second-order valence-corrected chi connectivity index (χ2v) is 6.27. The van der Waals surface area contributed by atoms with Crippen molar-refractivity contribution in [1.29, 1.82) is 0 Å². The van der Waals surface area contributed by atoms with Crippen LogP contribution in [-0.2, 0) is 25.7 Å². The molecule has 0 saturated carbocycles. The lowest BCUT2D eigenvalue weighted by Crippen LogP contribution is -2.22.